The molecule has 0 aliphatic carbocycles. The number of rotatable bonds is 6. The number of ether oxygens (including phenoxy) is 1. The Labute approximate surface area is 159 Å². The number of carbonyl (C=O) groups is 1. The summed E-state index contributed by atoms with van der Waals surface area (Å²) in [7, 11) is 1.68. The van der Waals surface area contributed by atoms with Crippen LogP contribution in [0.4, 0.5) is 4.79 Å². The fourth-order valence-corrected chi connectivity index (χ4v) is 2.16. The summed E-state index contributed by atoms with van der Waals surface area (Å²) in [6.45, 7) is 6.86. The highest BCUT2D eigenvalue weighted by Gasteiger charge is 2.15. The number of aliphatic imine (C=N–C) groups is 1. The highest BCUT2D eigenvalue weighted by Crippen LogP contribution is 2.17. The van der Waals surface area contributed by atoms with Crippen LogP contribution in [0.1, 0.15) is 26.5 Å². The topological polar surface area (TPSA) is 101 Å². The molecule has 8 heteroatoms. The van der Waals surface area contributed by atoms with Crippen LogP contribution in [0.25, 0.3) is 11.5 Å². The highest BCUT2D eigenvalue weighted by atomic mass is 16.6. The van der Waals surface area contributed by atoms with E-state index in [0.717, 1.165) is 11.3 Å². The molecule has 27 heavy (non-hydrogen) atoms. The maximum absolute atomic E-state index is 11.6. The number of alkyl carbamates (subject to hydrolysis) is 1. The summed E-state index contributed by atoms with van der Waals surface area (Å²) in [5.74, 6) is 1.18. The summed E-state index contributed by atoms with van der Waals surface area (Å²) >= 11 is 0. The molecule has 0 bridgehead atoms. The molecule has 0 saturated carbocycles. The third-order valence-corrected chi connectivity index (χ3v) is 3.32. The number of hydrogen-bond acceptors (Lipinski definition) is 5. The molecule has 1 aromatic heterocycles. The molecule has 146 valence electrons. The van der Waals surface area contributed by atoms with Crippen LogP contribution in [-0.4, -0.2) is 42.8 Å². The zero-order valence-electron chi connectivity index (χ0n) is 16.2. The summed E-state index contributed by atoms with van der Waals surface area (Å²) in [6.07, 6.45) is 1.18. The van der Waals surface area contributed by atoms with Gasteiger partial charge in [-0.2, -0.15) is 0 Å². The largest absolute Gasteiger partial charge is 0.444 e. The lowest BCUT2D eigenvalue weighted by Gasteiger charge is -2.19. The quantitative estimate of drug-likeness (QED) is 0.409. The Balaban J connectivity index is 1.72. The van der Waals surface area contributed by atoms with Crippen LogP contribution in [0.3, 0.4) is 0 Å². The van der Waals surface area contributed by atoms with Crippen LogP contribution in [0.2, 0.25) is 0 Å². The van der Waals surface area contributed by atoms with Crippen LogP contribution < -0.4 is 16.0 Å². The maximum Gasteiger partial charge on any atom is 0.407 e. The van der Waals surface area contributed by atoms with Crippen LogP contribution in [0, 0.1) is 0 Å². The number of nitrogens with zero attached hydrogens (tertiary/aromatic N) is 2. The van der Waals surface area contributed by atoms with Crippen LogP contribution in [-0.2, 0) is 11.3 Å². The molecule has 2 rings (SSSR count). The van der Waals surface area contributed by atoms with Gasteiger partial charge in [-0.25, -0.2) is 9.78 Å². The van der Waals surface area contributed by atoms with E-state index in [4.69, 9.17) is 9.15 Å². The predicted octanol–water partition coefficient (Wildman–Crippen LogP) is 2.53. The SMILES string of the molecule is CN=C(NCCNC(=O)OC(C)(C)C)NCc1coc(-c2ccccc2)n1. The van der Waals surface area contributed by atoms with Crippen molar-refractivity contribution in [3.63, 3.8) is 0 Å². The average molecular weight is 373 g/mol. The van der Waals surface area contributed by atoms with Gasteiger partial charge in [-0.05, 0) is 32.9 Å². The second-order valence-corrected chi connectivity index (χ2v) is 6.79. The molecular formula is C19H27N5O3. The van der Waals surface area contributed by atoms with E-state index in [1.165, 1.54) is 0 Å². The number of amides is 1. The predicted molar refractivity (Wildman–Crippen MR) is 104 cm³/mol. The number of benzene rings is 1. The number of carbonyl (C=O) groups excluding carboxylic acids is 1. The van der Waals surface area contributed by atoms with Gasteiger partial charge in [0.05, 0.1) is 12.2 Å². The second kappa shape index (κ2) is 9.61. The summed E-state index contributed by atoms with van der Waals surface area (Å²) in [5.41, 5.74) is 1.19. The van der Waals surface area contributed by atoms with Gasteiger partial charge >= 0.3 is 6.09 Å². The van der Waals surface area contributed by atoms with Crippen LogP contribution in [0.15, 0.2) is 46.0 Å². The Bertz CT molecular complexity index is 750. The van der Waals surface area contributed by atoms with Crippen molar-refractivity contribution in [1.29, 1.82) is 0 Å². The molecule has 1 aromatic carbocycles. The molecule has 0 aliphatic heterocycles. The first-order valence-electron chi connectivity index (χ1n) is 8.78. The summed E-state index contributed by atoms with van der Waals surface area (Å²) in [4.78, 5) is 20.2. The van der Waals surface area contributed by atoms with E-state index in [1.807, 2.05) is 51.1 Å². The Hall–Kier alpha value is -3.03. The highest BCUT2D eigenvalue weighted by molar-refractivity contribution is 5.79. The van der Waals surface area contributed by atoms with E-state index in [9.17, 15) is 4.79 Å². The Kier molecular flexibility index (Phi) is 7.22. The lowest BCUT2D eigenvalue weighted by Crippen LogP contribution is -2.42. The maximum atomic E-state index is 11.6. The van der Waals surface area contributed by atoms with E-state index < -0.39 is 11.7 Å². The first-order valence-corrected chi connectivity index (χ1v) is 8.78. The van der Waals surface area contributed by atoms with Crippen molar-refractivity contribution in [2.45, 2.75) is 32.9 Å². The lowest BCUT2D eigenvalue weighted by molar-refractivity contribution is 0.0529. The third-order valence-electron chi connectivity index (χ3n) is 3.32. The zero-order chi connectivity index (χ0) is 19.7. The van der Waals surface area contributed by atoms with Crippen molar-refractivity contribution in [2.24, 2.45) is 4.99 Å². The number of oxazole rings is 1. The minimum absolute atomic E-state index is 0.414. The zero-order valence-corrected chi connectivity index (χ0v) is 16.2. The van der Waals surface area contributed by atoms with Crippen molar-refractivity contribution >= 4 is 12.1 Å². The smallest absolute Gasteiger partial charge is 0.407 e. The molecule has 2 aromatic rings. The Morgan fingerprint density at radius 3 is 2.52 bits per heavy atom. The molecule has 0 spiro atoms. The molecule has 0 saturated heterocycles. The molecule has 0 radical (unpaired) electrons. The normalized spacial score (nSPS) is 11.8. The van der Waals surface area contributed by atoms with Gasteiger partial charge in [0.1, 0.15) is 11.9 Å². The molecule has 0 atom stereocenters. The van der Waals surface area contributed by atoms with Gasteiger partial charge in [0.15, 0.2) is 5.96 Å². The van der Waals surface area contributed by atoms with Gasteiger partial charge in [-0.1, -0.05) is 18.2 Å². The molecule has 1 heterocycles. The van der Waals surface area contributed by atoms with Gasteiger partial charge in [0.2, 0.25) is 5.89 Å². The van der Waals surface area contributed by atoms with Gasteiger partial charge in [-0.3, -0.25) is 4.99 Å². The minimum Gasteiger partial charge on any atom is -0.444 e. The molecule has 0 fully saturated rings. The van der Waals surface area contributed by atoms with Crippen molar-refractivity contribution in [2.75, 3.05) is 20.1 Å². The van der Waals surface area contributed by atoms with Gasteiger partial charge in [0, 0.05) is 25.7 Å². The monoisotopic (exact) mass is 373 g/mol. The second-order valence-electron chi connectivity index (χ2n) is 6.79. The molecule has 0 unspecified atom stereocenters. The Morgan fingerprint density at radius 1 is 1.15 bits per heavy atom. The average Bonchev–Trinajstić information content (AvgIpc) is 3.09. The first-order chi connectivity index (χ1) is 12.9. The minimum atomic E-state index is -0.509. The van der Waals surface area contributed by atoms with Gasteiger partial charge in [-0.15, -0.1) is 0 Å². The molecule has 1 amide bonds. The Morgan fingerprint density at radius 2 is 1.85 bits per heavy atom. The number of guanidine groups is 1. The third kappa shape index (κ3) is 7.39. The fraction of sp³-hybridized carbons (Fsp3) is 0.421. The first kappa shape index (κ1) is 20.3. The van der Waals surface area contributed by atoms with E-state index in [1.54, 1.807) is 13.3 Å². The number of hydrogen-bond donors (Lipinski definition) is 3. The number of nitrogens with one attached hydrogen (secondary N) is 3. The van der Waals surface area contributed by atoms with Crippen molar-refractivity contribution in [1.82, 2.24) is 20.9 Å². The van der Waals surface area contributed by atoms with Crippen molar-refractivity contribution < 1.29 is 13.9 Å². The van der Waals surface area contributed by atoms with E-state index in [-0.39, 0.29) is 0 Å². The lowest BCUT2D eigenvalue weighted by atomic mass is 10.2. The molecule has 3 N–H and O–H groups in total. The van der Waals surface area contributed by atoms with Crippen molar-refractivity contribution in [3.8, 4) is 11.5 Å². The van der Waals surface area contributed by atoms with Crippen LogP contribution in [0.5, 0.6) is 0 Å². The van der Waals surface area contributed by atoms with Gasteiger partial charge in [0.25, 0.3) is 0 Å². The van der Waals surface area contributed by atoms with E-state index in [0.29, 0.717) is 31.5 Å². The van der Waals surface area contributed by atoms with Crippen LogP contribution >= 0.6 is 0 Å². The summed E-state index contributed by atoms with van der Waals surface area (Å²) in [6, 6.07) is 9.72. The summed E-state index contributed by atoms with van der Waals surface area (Å²) < 4.78 is 10.7. The fourth-order valence-electron chi connectivity index (χ4n) is 2.16. The van der Waals surface area contributed by atoms with Gasteiger partial charge < -0.3 is 25.1 Å². The van der Waals surface area contributed by atoms with E-state index >= 15 is 0 Å². The molecular weight excluding hydrogens is 346 g/mol. The molecule has 8 nitrogen and oxygen atoms in total. The number of aromatic nitrogens is 1. The standard InChI is InChI=1S/C19H27N5O3/c1-19(2,3)27-18(25)22-11-10-21-17(20-4)23-12-15-13-26-16(24-15)14-8-6-5-7-9-14/h5-9,13H,10-12H2,1-4H3,(H,22,25)(H2,20,21,23). The van der Waals surface area contributed by atoms with Crippen molar-refractivity contribution in [3.05, 3.63) is 42.3 Å². The summed E-state index contributed by atoms with van der Waals surface area (Å²) in [5, 5.41) is 8.94. The van der Waals surface area contributed by atoms with E-state index in [2.05, 4.69) is 25.9 Å². The molecule has 0 aliphatic rings.